The summed E-state index contributed by atoms with van der Waals surface area (Å²) in [4.78, 5) is 11.9. The summed E-state index contributed by atoms with van der Waals surface area (Å²) in [6.45, 7) is 3.74. The van der Waals surface area contributed by atoms with E-state index in [-0.39, 0.29) is 19.0 Å². The number of hydrogen-bond donors (Lipinski definition) is 3. The van der Waals surface area contributed by atoms with Crippen LogP contribution in [0.25, 0.3) is 5.70 Å². The second-order valence-corrected chi connectivity index (χ2v) is 5.65. The lowest BCUT2D eigenvalue weighted by Crippen LogP contribution is -2.39. The van der Waals surface area contributed by atoms with Gasteiger partial charge in [-0.1, -0.05) is 12.6 Å². The van der Waals surface area contributed by atoms with Crippen LogP contribution in [-0.2, 0) is 11.0 Å². The van der Waals surface area contributed by atoms with E-state index in [1.165, 1.54) is 12.1 Å². The second kappa shape index (κ2) is 7.48. The molecule has 0 unspecified atom stereocenters. The molecule has 0 radical (unpaired) electrons. The van der Waals surface area contributed by atoms with Gasteiger partial charge in [0.2, 0.25) is 6.79 Å². The molecule has 27 heavy (non-hydrogen) atoms. The van der Waals surface area contributed by atoms with E-state index in [4.69, 9.17) is 9.47 Å². The van der Waals surface area contributed by atoms with Crippen molar-refractivity contribution in [3.8, 4) is 11.5 Å². The quantitative estimate of drug-likeness (QED) is 0.673. The van der Waals surface area contributed by atoms with Crippen LogP contribution in [0.3, 0.4) is 0 Å². The molecule has 0 saturated heterocycles. The maximum Gasteiger partial charge on any atom is 0.416 e. The Labute approximate surface area is 152 Å². The van der Waals surface area contributed by atoms with Gasteiger partial charge in [-0.05, 0) is 36.4 Å². The zero-order valence-corrected chi connectivity index (χ0v) is 14.0. The van der Waals surface area contributed by atoms with Crippen molar-refractivity contribution in [3.05, 3.63) is 60.2 Å². The number of nitrogens with one attached hydrogen (secondary N) is 3. The topological polar surface area (TPSA) is 71.6 Å². The van der Waals surface area contributed by atoms with Crippen molar-refractivity contribution in [2.75, 3.05) is 18.7 Å². The van der Waals surface area contributed by atoms with Crippen molar-refractivity contribution in [1.29, 1.82) is 0 Å². The summed E-state index contributed by atoms with van der Waals surface area (Å²) in [6, 6.07) is 9.79. The molecule has 6 nitrogen and oxygen atoms in total. The van der Waals surface area contributed by atoms with Gasteiger partial charge in [0.1, 0.15) is 0 Å². The first kappa shape index (κ1) is 18.4. The van der Waals surface area contributed by atoms with Crippen LogP contribution in [0.4, 0.5) is 18.9 Å². The predicted molar refractivity (Wildman–Crippen MR) is 92.8 cm³/mol. The first-order chi connectivity index (χ1) is 12.8. The van der Waals surface area contributed by atoms with E-state index in [0.717, 1.165) is 12.1 Å². The van der Waals surface area contributed by atoms with Crippen molar-refractivity contribution in [1.82, 2.24) is 10.9 Å². The number of ether oxygens (including phenoxy) is 2. The predicted octanol–water partition coefficient (Wildman–Crippen LogP) is 3.14. The minimum Gasteiger partial charge on any atom is -0.454 e. The highest BCUT2D eigenvalue weighted by atomic mass is 19.4. The summed E-state index contributed by atoms with van der Waals surface area (Å²) in [5, 5.41) is 2.64. The smallest absolute Gasteiger partial charge is 0.416 e. The van der Waals surface area contributed by atoms with Gasteiger partial charge < -0.3 is 14.8 Å². The number of hydrogen-bond acceptors (Lipinski definition) is 5. The molecule has 0 atom stereocenters. The van der Waals surface area contributed by atoms with E-state index in [0.29, 0.717) is 22.8 Å². The molecular formula is C18H16F3N3O3. The minimum absolute atomic E-state index is 0.149. The van der Waals surface area contributed by atoms with Crippen LogP contribution in [0.15, 0.2) is 49.0 Å². The fourth-order valence-corrected chi connectivity index (χ4v) is 2.33. The van der Waals surface area contributed by atoms with Gasteiger partial charge in [0, 0.05) is 11.3 Å². The summed E-state index contributed by atoms with van der Waals surface area (Å²) >= 11 is 0. The lowest BCUT2D eigenvalue weighted by atomic mass is 10.1. The van der Waals surface area contributed by atoms with Crippen LogP contribution in [0.2, 0.25) is 0 Å². The van der Waals surface area contributed by atoms with Gasteiger partial charge in [-0.15, -0.1) is 0 Å². The highest BCUT2D eigenvalue weighted by Crippen LogP contribution is 2.33. The lowest BCUT2D eigenvalue weighted by molar-refractivity contribution is -0.137. The molecule has 1 amide bonds. The largest absolute Gasteiger partial charge is 0.454 e. The van der Waals surface area contributed by atoms with Gasteiger partial charge in [-0.3, -0.25) is 15.6 Å². The standard InChI is InChI=1S/C18H16F3N3O3/c1-11(12-5-6-15-16(7-12)27-10-26-15)23-24-17(25)9-22-14-4-2-3-13(8-14)18(19,20)21/h2-8,22-23H,1,9-10H2,(H,24,25). The van der Waals surface area contributed by atoms with Crippen molar-refractivity contribution >= 4 is 17.3 Å². The Morgan fingerprint density at radius 2 is 1.85 bits per heavy atom. The highest BCUT2D eigenvalue weighted by molar-refractivity contribution is 5.81. The zero-order valence-electron chi connectivity index (χ0n) is 14.0. The van der Waals surface area contributed by atoms with Crippen molar-refractivity contribution < 1.29 is 27.4 Å². The van der Waals surface area contributed by atoms with Crippen LogP contribution in [0.5, 0.6) is 11.5 Å². The first-order valence-corrected chi connectivity index (χ1v) is 7.88. The molecule has 1 aliphatic heterocycles. The Bertz CT molecular complexity index is 868. The molecular weight excluding hydrogens is 363 g/mol. The number of benzene rings is 2. The zero-order chi connectivity index (χ0) is 19.4. The molecule has 0 bridgehead atoms. The summed E-state index contributed by atoms with van der Waals surface area (Å²) in [6.07, 6.45) is -4.44. The number of carbonyl (C=O) groups is 1. The van der Waals surface area contributed by atoms with Crippen LogP contribution in [0.1, 0.15) is 11.1 Å². The Kier molecular flexibility index (Phi) is 5.11. The van der Waals surface area contributed by atoms with E-state index in [9.17, 15) is 18.0 Å². The summed E-state index contributed by atoms with van der Waals surface area (Å²) in [7, 11) is 0. The number of rotatable bonds is 6. The van der Waals surface area contributed by atoms with Crippen LogP contribution in [0, 0.1) is 0 Å². The van der Waals surface area contributed by atoms with Gasteiger partial charge in [0.05, 0.1) is 17.8 Å². The molecule has 1 heterocycles. The molecule has 0 fully saturated rings. The lowest BCUT2D eigenvalue weighted by Gasteiger charge is -2.13. The third-order valence-corrected chi connectivity index (χ3v) is 3.72. The SMILES string of the molecule is C=C(NNC(=O)CNc1cccc(C(F)(F)F)c1)c1ccc2c(c1)OCO2. The van der Waals surface area contributed by atoms with Crippen LogP contribution < -0.4 is 25.6 Å². The number of carbonyl (C=O) groups excluding carboxylic acids is 1. The van der Waals surface area contributed by atoms with Crippen molar-refractivity contribution in [2.24, 2.45) is 0 Å². The average Bonchev–Trinajstić information content (AvgIpc) is 3.11. The van der Waals surface area contributed by atoms with Gasteiger partial charge >= 0.3 is 6.18 Å². The molecule has 3 rings (SSSR count). The molecule has 3 N–H and O–H groups in total. The van der Waals surface area contributed by atoms with Gasteiger partial charge in [-0.2, -0.15) is 13.2 Å². The normalized spacial score (nSPS) is 12.4. The van der Waals surface area contributed by atoms with Gasteiger partial charge in [-0.25, -0.2) is 0 Å². The molecule has 2 aromatic rings. The third-order valence-electron chi connectivity index (χ3n) is 3.72. The maximum atomic E-state index is 12.7. The highest BCUT2D eigenvalue weighted by Gasteiger charge is 2.30. The monoisotopic (exact) mass is 379 g/mol. The Morgan fingerprint density at radius 3 is 2.63 bits per heavy atom. The Balaban J connectivity index is 1.49. The van der Waals surface area contributed by atoms with E-state index in [1.807, 2.05) is 0 Å². The summed E-state index contributed by atoms with van der Waals surface area (Å²) in [5.41, 5.74) is 5.57. The molecule has 2 aromatic carbocycles. The van der Waals surface area contributed by atoms with Gasteiger partial charge in [0.15, 0.2) is 11.5 Å². The van der Waals surface area contributed by atoms with Crippen LogP contribution >= 0.6 is 0 Å². The van der Waals surface area contributed by atoms with E-state index >= 15 is 0 Å². The third kappa shape index (κ3) is 4.63. The molecule has 142 valence electrons. The Hall–Kier alpha value is -3.36. The van der Waals surface area contributed by atoms with E-state index in [2.05, 4.69) is 22.7 Å². The second-order valence-electron chi connectivity index (χ2n) is 5.65. The van der Waals surface area contributed by atoms with Crippen molar-refractivity contribution in [2.45, 2.75) is 6.18 Å². The minimum atomic E-state index is -4.44. The molecule has 0 aliphatic carbocycles. The molecule has 0 saturated carbocycles. The fraction of sp³-hybridized carbons (Fsp3) is 0.167. The maximum absolute atomic E-state index is 12.7. The van der Waals surface area contributed by atoms with Crippen molar-refractivity contribution in [3.63, 3.8) is 0 Å². The number of fused-ring (bicyclic) bond motifs is 1. The number of anilines is 1. The number of alkyl halides is 3. The summed E-state index contributed by atoms with van der Waals surface area (Å²) in [5.74, 6) is 0.725. The number of amides is 1. The average molecular weight is 379 g/mol. The number of hydrazine groups is 1. The first-order valence-electron chi connectivity index (χ1n) is 7.88. The fourth-order valence-electron chi connectivity index (χ4n) is 2.33. The molecule has 0 aromatic heterocycles. The van der Waals surface area contributed by atoms with Gasteiger partial charge in [0.25, 0.3) is 5.91 Å². The van der Waals surface area contributed by atoms with E-state index in [1.54, 1.807) is 18.2 Å². The van der Waals surface area contributed by atoms with Crippen LogP contribution in [-0.4, -0.2) is 19.2 Å². The Morgan fingerprint density at radius 1 is 1.07 bits per heavy atom. The summed E-state index contributed by atoms with van der Waals surface area (Å²) < 4.78 is 48.5. The van der Waals surface area contributed by atoms with E-state index < -0.39 is 17.6 Å². The molecule has 0 spiro atoms. The number of halogens is 3. The molecule has 1 aliphatic rings. The molecule has 9 heteroatoms.